The fourth-order valence-corrected chi connectivity index (χ4v) is 4.29. The van der Waals surface area contributed by atoms with E-state index in [1.54, 1.807) is 30.3 Å². The summed E-state index contributed by atoms with van der Waals surface area (Å²) in [6, 6.07) is 15.6. The Balaban J connectivity index is 1.69. The van der Waals surface area contributed by atoms with Crippen molar-refractivity contribution in [2.24, 2.45) is 5.10 Å². The van der Waals surface area contributed by atoms with E-state index in [4.69, 9.17) is 16.0 Å². The zero-order valence-electron chi connectivity index (χ0n) is 14.0. The first-order valence-electron chi connectivity index (χ1n) is 7.68. The fraction of sp³-hybridized carbons (Fsp3) is 0.0556. The third-order valence-electron chi connectivity index (χ3n) is 3.39. The van der Waals surface area contributed by atoms with Gasteiger partial charge in [-0.15, -0.1) is 0 Å². The Bertz CT molecular complexity index is 1060. The molecule has 0 aliphatic carbocycles. The smallest absolute Gasteiger partial charge is 0.276 e. The molecule has 3 rings (SSSR count). The maximum Gasteiger partial charge on any atom is 0.276 e. The van der Waals surface area contributed by atoms with E-state index in [0.717, 1.165) is 14.9 Å². The molecule has 0 aliphatic heterocycles. The number of nitrogens with one attached hydrogen (secondary N) is 1. The van der Waals surface area contributed by atoms with Crippen LogP contribution in [-0.4, -0.2) is 14.6 Å². The van der Waals surface area contributed by atoms with Gasteiger partial charge in [0.1, 0.15) is 5.76 Å². The number of nitrogens with zero attached hydrogens (tertiary/aromatic N) is 1. The monoisotopic (exact) mass is 484 g/mol. The Hall–Kier alpha value is -1.74. The minimum Gasteiger partial charge on any atom is -0.447 e. The van der Waals surface area contributed by atoms with Crippen LogP contribution in [0.25, 0.3) is 0 Å². The van der Waals surface area contributed by atoms with Gasteiger partial charge in [-0.1, -0.05) is 41.1 Å². The highest BCUT2D eigenvalue weighted by Crippen LogP contribution is 2.35. The molecule has 0 aliphatic rings. The summed E-state index contributed by atoms with van der Waals surface area (Å²) in [7, 11) is -3.72. The number of furan rings is 1. The van der Waals surface area contributed by atoms with E-state index >= 15 is 0 Å². The highest BCUT2D eigenvalue weighted by Gasteiger charge is 2.13. The maximum absolute atomic E-state index is 12.2. The molecule has 0 spiro atoms. The molecule has 0 unspecified atom stereocenters. The van der Waals surface area contributed by atoms with Crippen molar-refractivity contribution in [3.63, 3.8) is 0 Å². The zero-order chi connectivity index (χ0) is 19.4. The number of rotatable bonds is 6. The normalized spacial score (nSPS) is 11.8. The Labute approximate surface area is 175 Å². The van der Waals surface area contributed by atoms with Crippen LogP contribution in [0.15, 0.2) is 83.5 Å². The predicted octanol–water partition coefficient (Wildman–Crippen LogP) is 5.47. The van der Waals surface area contributed by atoms with Gasteiger partial charge in [0.25, 0.3) is 10.0 Å². The van der Waals surface area contributed by atoms with Crippen molar-refractivity contribution in [1.82, 2.24) is 4.83 Å². The zero-order valence-corrected chi connectivity index (χ0v) is 18.0. The molecule has 9 heteroatoms. The molecule has 0 saturated carbocycles. The first-order chi connectivity index (χ1) is 12.8. The number of hydrogen-bond acceptors (Lipinski definition) is 5. The molecule has 140 valence electrons. The van der Waals surface area contributed by atoms with Crippen LogP contribution in [0, 0.1) is 6.92 Å². The van der Waals surface area contributed by atoms with E-state index in [0.29, 0.717) is 15.9 Å². The second kappa shape index (κ2) is 8.52. The molecule has 1 aromatic heterocycles. The molecule has 1 N–H and O–H groups in total. The van der Waals surface area contributed by atoms with Gasteiger partial charge in [0, 0.05) is 16.0 Å². The minimum absolute atomic E-state index is 0.143. The van der Waals surface area contributed by atoms with Crippen LogP contribution in [0.1, 0.15) is 11.3 Å². The maximum atomic E-state index is 12.2. The lowest BCUT2D eigenvalue weighted by Gasteiger charge is -2.03. The molecule has 0 bridgehead atoms. The number of hydrazone groups is 1. The highest BCUT2D eigenvalue weighted by molar-refractivity contribution is 9.10. The molecular formula is C18H14BrClN2O3S2. The highest BCUT2D eigenvalue weighted by atomic mass is 79.9. The van der Waals surface area contributed by atoms with E-state index in [1.165, 1.54) is 30.1 Å². The van der Waals surface area contributed by atoms with Gasteiger partial charge in [-0.2, -0.15) is 18.4 Å². The van der Waals surface area contributed by atoms with Crippen molar-refractivity contribution >= 4 is 55.5 Å². The summed E-state index contributed by atoms with van der Waals surface area (Å²) in [5.74, 6) is 0.407. The van der Waals surface area contributed by atoms with Crippen molar-refractivity contribution in [2.45, 2.75) is 21.8 Å². The van der Waals surface area contributed by atoms with Gasteiger partial charge in [-0.3, -0.25) is 0 Å². The lowest BCUT2D eigenvalue weighted by Crippen LogP contribution is -2.18. The first-order valence-corrected chi connectivity index (χ1v) is 11.1. The number of hydrogen-bond donors (Lipinski definition) is 1. The van der Waals surface area contributed by atoms with Crippen LogP contribution >= 0.6 is 39.3 Å². The van der Waals surface area contributed by atoms with Crippen LogP contribution in [0.2, 0.25) is 5.02 Å². The summed E-state index contributed by atoms with van der Waals surface area (Å²) in [5.41, 5.74) is 0.976. The van der Waals surface area contributed by atoms with Crippen molar-refractivity contribution in [2.75, 3.05) is 0 Å². The summed E-state index contributed by atoms with van der Waals surface area (Å²) in [4.78, 5) is 3.27. The summed E-state index contributed by atoms with van der Waals surface area (Å²) < 4.78 is 30.8. The SMILES string of the molecule is Cc1ccc(S(=O)(=O)N/N=C\c2cc(Br)c(Sc3ccc(Cl)cc3)o2)cc1. The van der Waals surface area contributed by atoms with Gasteiger partial charge in [0.15, 0.2) is 5.09 Å². The van der Waals surface area contributed by atoms with Crippen LogP contribution < -0.4 is 4.83 Å². The third kappa shape index (κ3) is 5.38. The molecule has 0 saturated heterocycles. The number of halogens is 2. The molecule has 2 aromatic carbocycles. The van der Waals surface area contributed by atoms with Gasteiger partial charge >= 0.3 is 0 Å². The molecule has 5 nitrogen and oxygen atoms in total. The Morgan fingerprint density at radius 3 is 2.48 bits per heavy atom. The van der Waals surface area contributed by atoms with E-state index in [2.05, 4.69) is 25.9 Å². The van der Waals surface area contributed by atoms with E-state index in [-0.39, 0.29) is 4.90 Å². The van der Waals surface area contributed by atoms with Crippen molar-refractivity contribution in [3.05, 3.63) is 75.4 Å². The van der Waals surface area contributed by atoms with Gasteiger partial charge in [0.2, 0.25) is 0 Å². The quantitative estimate of drug-likeness (QED) is 0.371. The molecule has 27 heavy (non-hydrogen) atoms. The lowest BCUT2D eigenvalue weighted by molar-refractivity contribution is 0.466. The van der Waals surface area contributed by atoms with E-state index in [1.807, 2.05) is 19.1 Å². The second-order valence-corrected chi connectivity index (χ2v) is 9.50. The van der Waals surface area contributed by atoms with Crippen LogP contribution in [0.4, 0.5) is 0 Å². The van der Waals surface area contributed by atoms with Crippen LogP contribution in [0.5, 0.6) is 0 Å². The Kier molecular flexibility index (Phi) is 6.31. The molecule has 3 aromatic rings. The standard InChI is InChI=1S/C18H14BrClN2O3S2/c1-12-2-8-16(9-3-12)27(23,24)22-21-11-14-10-17(19)18(25-14)26-15-6-4-13(20)5-7-15/h2-11,22H,1H3/b21-11-. The van der Waals surface area contributed by atoms with Crippen molar-refractivity contribution in [1.29, 1.82) is 0 Å². The topological polar surface area (TPSA) is 71.7 Å². The van der Waals surface area contributed by atoms with Crippen LogP contribution in [-0.2, 0) is 10.0 Å². The second-order valence-electron chi connectivity index (χ2n) is 5.51. The predicted molar refractivity (Wildman–Crippen MR) is 111 cm³/mol. The first kappa shape index (κ1) is 20.0. The molecular weight excluding hydrogens is 472 g/mol. The largest absolute Gasteiger partial charge is 0.447 e. The molecule has 0 fully saturated rings. The Morgan fingerprint density at radius 1 is 1.15 bits per heavy atom. The summed E-state index contributed by atoms with van der Waals surface area (Å²) in [5, 5.41) is 5.06. The van der Waals surface area contributed by atoms with E-state index in [9.17, 15) is 8.42 Å². The van der Waals surface area contributed by atoms with Crippen LogP contribution in [0.3, 0.4) is 0 Å². The summed E-state index contributed by atoms with van der Waals surface area (Å²) >= 11 is 10.7. The van der Waals surface area contributed by atoms with Gasteiger partial charge in [-0.25, -0.2) is 0 Å². The Morgan fingerprint density at radius 2 is 1.81 bits per heavy atom. The average Bonchev–Trinajstić information content (AvgIpc) is 2.96. The van der Waals surface area contributed by atoms with Crippen molar-refractivity contribution in [3.8, 4) is 0 Å². The van der Waals surface area contributed by atoms with Crippen molar-refractivity contribution < 1.29 is 12.8 Å². The summed E-state index contributed by atoms with van der Waals surface area (Å²) in [6.07, 6.45) is 1.31. The molecule has 0 amide bonds. The average molecular weight is 486 g/mol. The van der Waals surface area contributed by atoms with Gasteiger partial charge in [0.05, 0.1) is 15.6 Å². The molecule has 1 heterocycles. The fourth-order valence-electron chi connectivity index (χ4n) is 2.04. The number of aryl methyl sites for hydroxylation is 1. The number of sulfonamides is 1. The summed E-state index contributed by atoms with van der Waals surface area (Å²) in [6.45, 7) is 1.89. The van der Waals surface area contributed by atoms with E-state index < -0.39 is 10.0 Å². The van der Waals surface area contributed by atoms with Gasteiger partial charge in [-0.05, 0) is 59.3 Å². The van der Waals surface area contributed by atoms with Gasteiger partial charge < -0.3 is 4.42 Å². The minimum atomic E-state index is -3.72. The molecule has 0 radical (unpaired) electrons. The molecule has 0 atom stereocenters. The third-order valence-corrected chi connectivity index (χ3v) is 6.73. The number of benzene rings is 2. The lowest BCUT2D eigenvalue weighted by atomic mass is 10.2.